The fourth-order valence-electron chi connectivity index (χ4n) is 2.25. The third-order valence-electron chi connectivity index (χ3n) is 3.51. The molecule has 0 aliphatic rings. The number of benzene rings is 2. The Morgan fingerprint density at radius 2 is 1.55 bits per heavy atom. The molecule has 1 atom stereocenters. The molecule has 0 heterocycles. The first kappa shape index (κ1) is 16.2. The fraction of sp³-hybridized carbons (Fsp3) is 0.188. The molecular formula is C16H16NO4S-. The van der Waals surface area contributed by atoms with Gasteiger partial charge in [0.1, 0.15) is 0 Å². The van der Waals surface area contributed by atoms with Gasteiger partial charge in [-0.15, -0.1) is 0 Å². The van der Waals surface area contributed by atoms with Crippen LogP contribution in [0.25, 0.3) is 0 Å². The second-order valence-electron chi connectivity index (χ2n) is 4.83. The second-order valence-corrected chi connectivity index (χ2v) is 6.51. The van der Waals surface area contributed by atoms with Crippen molar-refractivity contribution in [2.75, 3.05) is 0 Å². The van der Waals surface area contributed by atoms with Crippen LogP contribution in [0.2, 0.25) is 0 Å². The number of hydrogen-bond donors (Lipinski definition) is 1. The van der Waals surface area contributed by atoms with Crippen molar-refractivity contribution in [2.45, 2.75) is 23.8 Å². The lowest BCUT2D eigenvalue weighted by molar-refractivity contribution is -0.314. The molecule has 0 aromatic heterocycles. The molecule has 2 aromatic rings. The van der Waals surface area contributed by atoms with Gasteiger partial charge in [-0.1, -0.05) is 55.5 Å². The highest BCUT2D eigenvalue weighted by Gasteiger charge is 2.36. The van der Waals surface area contributed by atoms with Gasteiger partial charge in [-0.05, 0) is 24.1 Å². The minimum Gasteiger partial charge on any atom is -0.548 e. The monoisotopic (exact) mass is 318 g/mol. The first-order valence-corrected chi connectivity index (χ1v) is 8.27. The molecule has 0 unspecified atom stereocenters. The number of sulfonamides is 1. The van der Waals surface area contributed by atoms with Crippen LogP contribution in [0.15, 0.2) is 65.6 Å². The molecule has 0 saturated carbocycles. The van der Waals surface area contributed by atoms with Crippen molar-refractivity contribution in [3.8, 4) is 0 Å². The van der Waals surface area contributed by atoms with Gasteiger partial charge in [-0.25, -0.2) is 8.42 Å². The van der Waals surface area contributed by atoms with Crippen molar-refractivity contribution in [1.82, 2.24) is 4.72 Å². The minimum absolute atomic E-state index is 0.00464. The zero-order valence-electron chi connectivity index (χ0n) is 12.0. The van der Waals surface area contributed by atoms with Gasteiger partial charge < -0.3 is 9.90 Å². The Balaban J connectivity index is 2.51. The molecule has 5 nitrogen and oxygen atoms in total. The summed E-state index contributed by atoms with van der Waals surface area (Å²) < 4.78 is 27.3. The van der Waals surface area contributed by atoms with E-state index in [9.17, 15) is 18.3 Å². The molecule has 0 aliphatic heterocycles. The number of carbonyl (C=O) groups is 1. The lowest BCUT2D eigenvalue weighted by Crippen LogP contribution is -2.57. The van der Waals surface area contributed by atoms with Crippen molar-refractivity contribution in [3.63, 3.8) is 0 Å². The van der Waals surface area contributed by atoms with E-state index < -0.39 is 21.5 Å². The topological polar surface area (TPSA) is 86.3 Å². The predicted molar refractivity (Wildman–Crippen MR) is 80.2 cm³/mol. The number of carboxylic acids is 1. The molecule has 0 radical (unpaired) electrons. The first-order valence-electron chi connectivity index (χ1n) is 6.78. The molecule has 6 heteroatoms. The average molecular weight is 318 g/mol. The third kappa shape index (κ3) is 3.03. The van der Waals surface area contributed by atoms with E-state index in [1.165, 1.54) is 12.1 Å². The summed E-state index contributed by atoms with van der Waals surface area (Å²) in [4.78, 5) is 11.7. The largest absolute Gasteiger partial charge is 0.548 e. The summed E-state index contributed by atoms with van der Waals surface area (Å²) in [6.45, 7) is 1.59. The molecule has 116 valence electrons. The number of aliphatic carboxylic acids is 1. The highest BCUT2D eigenvalue weighted by Crippen LogP contribution is 2.27. The predicted octanol–water partition coefficient (Wildman–Crippen LogP) is 1.02. The Kier molecular flexibility index (Phi) is 4.63. The molecule has 0 fully saturated rings. The Morgan fingerprint density at radius 1 is 1.05 bits per heavy atom. The van der Waals surface area contributed by atoms with Crippen LogP contribution in [0.1, 0.15) is 18.9 Å². The maximum absolute atomic E-state index is 12.5. The summed E-state index contributed by atoms with van der Waals surface area (Å²) in [5.41, 5.74) is -1.48. The van der Waals surface area contributed by atoms with Crippen LogP contribution in [0, 0.1) is 0 Å². The summed E-state index contributed by atoms with van der Waals surface area (Å²) in [7, 11) is -3.99. The quantitative estimate of drug-likeness (QED) is 0.861. The standard InChI is InChI=1S/C16H17NO4S/c1-2-16(15(18)19,13-9-5-3-6-10-13)17-22(20,21)14-11-7-4-8-12-14/h3-12,17H,2H2,1H3,(H,18,19)/p-1/t16-/m1/s1. The van der Waals surface area contributed by atoms with E-state index >= 15 is 0 Å². The third-order valence-corrected chi connectivity index (χ3v) is 5.02. The van der Waals surface area contributed by atoms with Crippen LogP contribution < -0.4 is 9.83 Å². The lowest BCUT2D eigenvalue weighted by Gasteiger charge is -2.35. The van der Waals surface area contributed by atoms with Crippen molar-refractivity contribution in [3.05, 3.63) is 66.2 Å². The Labute approximate surface area is 129 Å². The van der Waals surface area contributed by atoms with E-state index in [2.05, 4.69) is 4.72 Å². The van der Waals surface area contributed by atoms with Gasteiger partial charge in [0.15, 0.2) is 0 Å². The second kappa shape index (κ2) is 6.29. The molecule has 1 N–H and O–H groups in total. The smallest absolute Gasteiger partial charge is 0.241 e. The summed E-state index contributed by atoms with van der Waals surface area (Å²) in [6.07, 6.45) is 0.0193. The molecule has 22 heavy (non-hydrogen) atoms. The molecule has 0 amide bonds. The summed E-state index contributed by atoms with van der Waals surface area (Å²) in [6, 6.07) is 15.8. The average Bonchev–Trinajstić information content (AvgIpc) is 2.54. The van der Waals surface area contributed by atoms with Crippen LogP contribution >= 0.6 is 0 Å². The number of carbonyl (C=O) groups excluding carboxylic acids is 1. The van der Waals surface area contributed by atoms with Crippen LogP contribution in [0.5, 0.6) is 0 Å². The Morgan fingerprint density at radius 3 is 2.00 bits per heavy atom. The van der Waals surface area contributed by atoms with Crippen molar-refractivity contribution >= 4 is 16.0 Å². The highest BCUT2D eigenvalue weighted by atomic mass is 32.2. The van der Waals surface area contributed by atoms with E-state index in [-0.39, 0.29) is 11.3 Å². The first-order chi connectivity index (χ1) is 10.4. The molecule has 2 aromatic carbocycles. The van der Waals surface area contributed by atoms with Crippen LogP contribution in [-0.2, 0) is 20.4 Å². The molecule has 0 aliphatic carbocycles. The normalized spacial score (nSPS) is 14.2. The molecule has 0 saturated heterocycles. The van der Waals surface area contributed by atoms with Gasteiger partial charge in [0.25, 0.3) is 0 Å². The molecule has 0 spiro atoms. The number of rotatable bonds is 6. The number of carboxylic acid groups (broad SMARTS) is 1. The molecular weight excluding hydrogens is 302 g/mol. The van der Waals surface area contributed by atoms with E-state index in [1.54, 1.807) is 55.5 Å². The van der Waals surface area contributed by atoms with Crippen LogP contribution in [0.3, 0.4) is 0 Å². The van der Waals surface area contributed by atoms with Gasteiger partial charge >= 0.3 is 0 Å². The highest BCUT2D eigenvalue weighted by molar-refractivity contribution is 7.89. The van der Waals surface area contributed by atoms with Crippen molar-refractivity contribution < 1.29 is 18.3 Å². The maximum atomic E-state index is 12.5. The van der Waals surface area contributed by atoms with E-state index in [4.69, 9.17) is 0 Å². The van der Waals surface area contributed by atoms with Crippen LogP contribution in [-0.4, -0.2) is 14.4 Å². The van der Waals surface area contributed by atoms with Gasteiger partial charge in [0.2, 0.25) is 10.0 Å². The number of hydrogen-bond acceptors (Lipinski definition) is 4. The minimum atomic E-state index is -3.99. The lowest BCUT2D eigenvalue weighted by atomic mass is 9.88. The van der Waals surface area contributed by atoms with Crippen LogP contribution in [0.4, 0.5) is 0 Å². The van der Waals surface area contributed by atoms with E-state index in [0.29, 0.717) is 5.56 Å². The Hall–Kier alpha value is -2.18. The number of nitrogens with one attached hydrogen (secondary N) is 1. The van der Waals surface area contributed by atoms with Gasteiger partial charge in [0, 0.05) is 0 Å². The van der Waals surface area contributed by atoms with E-state index in [0.717, 1.165) is 0 Å². The molecule has 0 bridgehead atoms. The molecule has 2 rings (SSSR count). The fourth-order valence-corrected chi connectivity index (χ4v) is 3.69. The maximum Gasteiger partial charge on any atom is 0.241 e. The summed E-state index contributed by atoms with van der Waals surface area (Å²) in [5, 5.41) is 11.7. The van der Waals surface area contributed by atoms with Crippen molar-refractivity contribution in [1.29, 1.82) is 0 Å². The van der Waals surface area contributed by atoms with E-state index in [1.807, 2.05) is 0 Å². The summed E-state index contributed by atoms with van der Waals surface area (Å²) in [5.74, 6) is -1.49. The zero-order valence-corrected chi connectivity index (χ0v) is 12.8. The Bertz CT molecular complexity index is 744. The van der Waals surface area contributed by atoms with Gasteiger partial charge in [-0.3, -0.25) is 0 Å². The SMILES string of the molecule is CC[C@](NS(=O)(=O)c1ccccc1)(C(=O)[O-])c1ccccc1. The summed E-state index contributed by atoms with van der Waals surface area (Å²) >= 11 is 0. The van der Waals surface area contributed by atoms with Gasteiger partial charge in [-0.2, -0.15) is 4.72 Å². The van der Waals surface area contributed by atoms with Crippen molar-refractivity contribution in [2.24, 2.45) is 0 Å². The van der Waals surface area contributed by atoms with Gasteiger partial charge in [0.05, 0.1) is 16.4 Å². The zero-order chi connectivity index (χ0) is 16.2.